The summed E-state index contributed by atoms with van der Waals surface area (Å²) < 4.78 is 0. The molecule has 6 nitrogen and oxygen atoms in total. The standard InChI is InChI=1S/C14H24N4O2/c15-12(16-20)14(5-1-2-6-14)13(19)18-9-8-17-7-3-4-11(17)10-18/h11,20H,1-10H2,(H2,15,16). The van der Waals surface area contributed by atoms with Crippen molar-refractivity contribution >= 4 is 11.7 Å². The summed E-state index contributed by atoms with van der Waals surface area (Å²) in [5, 5.41) is 12.2. The Morgan fingerprint density at radius 2 is 1.95 bits per heavy atom. The Morgan fingerprint density at radius 3 is 2.65 bits per heavy atom. The summed E-state index contributed by atoms with van der Waals surface area (Å²) in [6, 6.07) is 0.512. The summed E-state index contributed by atoms with van der Waals surface area (Å²) in [4.78, 5) is 17.4. The van der Waals surface area contributed by atoms with Crippen LogP contribution in [0.1, 0.15) is 38.5 Å². The molecule has 0 spiro atoms. The van der Waals surface area contributed by atoms with Gasteiger partial charge in [0.1, 0.15) is 5.41 Å². The van der Waals surface area contributed by atoms with Crippen LogP contribution in [-0.2, 0) is 4.79 Å². The first-order valence-corrected chi connectivity index (χ1v) is 7.69. The van der Waals surface area contributed by atoms with Crippen LogP contribution in [0.2, 0.25) is 0 Å². The van der Waals surface area contributed by atoms with Crippen molar-refractivity contribution < 1.29 is 10.0 Å². The normalized spacial score (nSPS) is 30.5. The van der Waals surface area contributed by atoms with Crippen molar-refractivity contribution in [3.63, 3.8) is 0 Å². The van der Waals surface area contributed by atoms with E-state index in [1.54, 1.807) is 0 Å². The Bertz CT molecular complexity index is 417. The average Bonchev–Trinajstić information content (AvgIpc) is 3.14. The Morgan fingerprint density at radius 1 is 1.20 bits per heavy atom. The molecular formula is C14H24N4O2. The summed E-state index contributed by atoms with van der Waals surface area (Å²) >= 11 is 0. The summed E-state index contributed by atoms with van der Waals surface area (Å²) in [5.74, 6) is 0.186. The van der Waals surface area contributed by atoms with E-state index < -0.39 is 5.41 Å². The van der Waals surface area contributed by atoms with Crippen molar-refractivity contribution in [3.05, 3.63) is 0 Å². The molecule has 0 radical (unpaired) electrons. The minimum absolute atomic E-state index is 0.0804. The van der Waals surface area contributed by atoms with Crippen molar-refractivity contribution in [3.8, 4) is 0 Å². The van der Waals surface area contributed by atoms with Gasteiger partial charge in [-0.2, -0.15) is 0 Å². The number of oxime groups is 1. The van der Waals surface area contributed by atoms with E-state index in [1.165, 1.54) is 12.8 Å². The maximum atomic E-state index is 12.9. The number of fused-ring (bicyclic) bond motifs is 1. The van der Waals surface area contributed by atoms with Crippen molar-refractivity contribution in [1.82, 2.24) is 9.80 Å². The highest BCUT2D eigenvalue weighted by molar-refractivity contribution is 6.07. The topological polar surface area (TPSA) is 82.2 Å². The van der Waals surface area contributed by atoms with Gasteiger partial charge in [-0.05, 0) is 32.2 Å². The Hall–Kier alpha value is -1.30. The van der Waals surface area contributed by atoms with Crippen LogP contribution < -0.4 is 5.73 Å². The molecule has 3 rings (SSSR count). The van der Waals surface area contributed by atoms with Crippen LogP contribution in [-0.4, -0.2) is 59.0 Å². The highest BCUT2D eigenvalue weighted by atomic mass is 16.4. The van der Waals surface area contributed by atoms with E-state index in [2.05, 4.69) is 10.1 Å². The number of amidine groups is 1. The lowest BCUT2D eigenvalue weighted by Gasteiger charge is -2.41. The lowest BCUT2D eigenvalue weighted by atomic mass is 9.83. The van der Waals surface area contributed by atoms with Crippen LogP contribution in [0.4, 0.5) is 0 Å². The van der Waals surface area contributed by atoms with E-state index in [-0.39, 0.29) is 11.7 Å². The van der Waals surface area contributed by atoms with Gasteiger partial charge in [-0.15, -0.1) is 0 Å². The first-order valence-electron chi connectivity index (χ1n) is 7.69. The van der Waals surface area contributed by atoms with Crippen molar-refractivity contribution in [2.75, 3.05) is 26.2 Å². The Labute approximate surface area is 119 Å². The van der Waals surface area contributed by atoms with E-state index in [0.29, 0.717) is 18.9 Å². The molecule has 1 unspecified atom stereocenters. The molecule has 3 N–H and O–H groups in total. The van der Waals surface area contributed by atoms with Gasteiger partial charge in [0.05, 0.1) is 0 Å². The number of hydrogen-bond donors (Lipinski definition) is 2. The van der Waals surface area contributed by atoms with Gasteiger partial charge in [0.25, 0.3) is 0 Å². The number of rotatable bonds is 2. The summed E-state index contributed by atoms with van der Waals surface area (Å²) in [5.41, 5.74) is 5.13. The molecule has 2 saturated heterocycles. The number of amides is 1. The van der Waals surface area contributed by atoms with Crippen LogP contribution in [0.25, 0.3) is 0 Å². The molecule has 1 saturated carbocycles. The number of hydrogen-bond acceptors (Lipinski definition) is 4. The Kier molecular flexibility index (Phi) is 3.58. The van der Waals surface area contributed by atoms with E-state index in [4.69, 9.17) is 10.9 Å². The molecule has 112 valence electrons. The molecule has 2 aliphatic heterocycles. The van der Waals surface area contributed by atoms with Crippen LogP contribution in [0, 0.1) is 5.41 Å². The molecule has 0 aromatic rings. The van der Waals surface area contributed by atoms with Gasteiger partial charge in [-0.3, -0.25) is 9.69 Å². The smallest absolute Gasteiger partial charge is 0.236 e. The largest absolute Gasteiger partial charge is 0.409 e. The fraction of sp³-hybridized carbons (Fsp3) is 0.857. The summed E-state index contributed by atoms with van der Waals surface area (Å²) in [6.45, 7) is 3.70. The fourth-order valence-corrected chi connectivity index (χ4v) is 4.13. The van der Waals surface area contributed by atoms with Gasteiger partial charge in [0, 0.05) is 25.7 Å². The van der Waals surface area contributed by atoms with Crippen molar-refractivity contribution in [2.24, 2.45) is 16.3 Å². The molecule has 6 heteroatoms. The molecular weight excluding hydrogens is 256 g/mol. The second-order valence-corrected chi connectivity index (χ2v) is 6.36. The molecule has 1 amide bonds. The van der Waals surface area contributed by atoms with Gasteiger partial charge >= 0.3 is 0 Å². The summed E-state index contributed by atoms with van der Waals surface area (Å²) in [7, 11) is 0. The second kappa shape index (κ2) is 5.24. The van der Waals surface area contributed by atoms with Crippen molar-refractivity contribution in [2.45, 2.75) is 44.6 Å². The third-order valence-electron chi connectivity index (χ3n) is 5.34. The molecule has 2 heterocycles. The number of carbonyl (C=O) groups is 1. The van der Waals surface area contributed by atoms with Gasteiger partial charge < -0.3 is 15.8 Å². The zero-order valence-electron chi connectivity index (χ0n) is 11.9. The number of nitrogens with zero attached hydrogens (tertiary/aromatic N) is 3. The van der Waals surface area contributed by atoms with Gasteiger partial charge in [-0.25, -0.2) is 0 Å². The van der Waals surface area contributed by atoms with Gasteiger partial charge in [0.2, 0.25) is 5.91 Å². The van der Waals surface area contributed by atoms with E-state index in [0.717, 1.165) is 39.0 Å². The molecule has 0 aromatic carbocycles. The van der Waals surface area contributed by atoms with Crippen LogP contribution >= 0.6 is 0 Å². The number of piperazine rings is 1. The zero-order chi connectivity index (χ0) is 14.2. The van der Waals surface area contributed by atoms with Gasteiger partial charge in [0.15, 0.2) is 5.84 Å². The SMILES string of the molecule is NC(=NO)C1(C(=O)N2CCN3CCCC3C2)CCCC1. The predicted molar refractivity (Wildman–Crippen MR) is 75.5 cm³/mol. The Balaban J connectivity index is 1.77. The third kappa shape index (κ3) is 2.06. The highest BCUT2D eigenvalue weighted by Crippen LogP contribution is 2.40. The average molecular weight is 280 g/mol. The van der Waals surface area contributed by atoms with Crippen molar-refractivity contribution in [1.29, 1.82) is 0 Å². The number of carbonyl (C=O) groups excluding carboxylic acids is 1. The van der Waals surface area contributed by atoms with Crippen LogP contribution in [0.5, 0.6) is 0 Å². The van der Waals surface area contributed by atoms with E-state index in [9.17, 15) is 4.79 Å². The van der Waals surface area contributed by atoms with Gasteiger partial charge in [-0.1, -0.05) is 18.0 Å². The van der Waals surface area contributed by atoms with Crippen LogP contribution in [0.3, 0.4) is 0 Å². The molecule has 1 atom stereocenters. The maximum absolute atomic E-state index is 12.9. The number of nitrogens with two attached hydrogens (primary N) is 1. The molecule has 3 aliphatic rings. The lowest BCUT2D eigenvalue weighted by molar-refractivity contribution is -0.141. The first kappa shape index (κ1) is 13.7. The predicted octanol–water partition coefficient (Wildman–Crippen LogP) is 0.600. The minimum atomic E-state index is -0.741. The maximum Gasteiger partial charge on any atom is 0.236 e. The van der Waals surface area contributed by atoms with E-state index in [1.807, 2.05) is 4.90 Å². The van der Waals surface area contributed by atoms with Crippen LogP contribution in [0.15, 0.2) is 5.16 Å². The quantitative estimate of drug-likeness (QED) is 0.336. The second-order valence-electron chi connectivity index (χ2n) is 6.36. The minimum Gasteiger partial charge on any atom is -0.409 e. The molecule has 1 aliphatic carbocycles. The third-order valence-corrected chi connectivity index (χ3v) is 5.34. The monoisotopic (exact) mass is 280 g/mol. The zero-order valence-corrected chi connectivity index (χ0v) is 11.9. The lowest BCUT2D eigenvalue weighted by Crippen LogP contribution is -2.57. The first-order chi connectivity index (χ1) is 9.67. The molecule has 20 heavy (non-hydrogen) atoms. The van der Waals surface area contributed by atoms with E-state index >= 15 is 0 Å². The fourth-order valence-electron chi connectivity index (χ4n) is 4.13. The molecule has 3 fully saturated rings. The molecule has 0 bridgehead atoms. The molecule has 0 aromatic heterocycles. The summed E-state index contributed by atoms with van der Waals surface area (Å²) in [6.07, 6.45) is 5.80. The highest BCUT2D eigenvalue weighted by Gasteiger charge is 2.48.